The van der Waals surface area contributed by atoms with E-state index in [4.69, 9.17) is 9.47 Å². The fourth-order valence-corrected chi connectivity index (χ4v) is 3.72. The lowest BCUT2D eigenvalue weighted by atomic mass is 9.95. The first-order valence-corrected chi connectivity index (χ1v) is 9.05. The van der Waals surface area contributed by atoms with Gasteiger partial charge in [-0.1, -0.05) is 19.9 Å². The van der Waals surface area contributed by atoms with Crippen LogP contribution in [-0.4, -0.2) is 19.1 Å². The molecule has 0 fully saturated rings. The number of thiophene rings is 1. The van der Waals surface area contributed by atoms with Gasteiger partial charge in [-0.3, -0.25) is 4.79 Å². The second kappa shape index (κ2) is 6.85. The second-order valence-corrected chi connectivity index (χ2v) is 7.70. The molecule has 1 amide bonds. The number of rotatable bonds is 4. The highest BCUT2D eigenvalue weighted by molar-refractivity contribution is 7.14. The number of aryl methyl sites for hydroxylation is 2. The van der Waals surface area contributed by atoms with Crippen molar-refractivity contribution in [2.75, 3.05) is 13.2 Å². The lowest BCUT2D eigenvalue weighted by Crippen LogP contribution is -2.31. The van der Waals surface area contributed by atoms with Crippen molar-refractivity contribution in [2.24, 2.45) is 5.92 Å². The minimum absolute atomic E-state index is 0.0233. The van der Waals surface area contributed by atoms with Gasteiger partial charge in [0.25, 0.3) is 5.91 Å². The maximum atomic E-state index is 12.6. The SMILES string of the molecule is Cc1cc(C(=O)NC(c2ccc3c(c2)OCCO3)C(C)C)sc1C. The Morgan fingerprint density at radius 2 is 1.83 bits per heavy atom. The number of carbonyl (C=O) groups is 1. The molecule has 1 N–H and O–H groups in total. The summed E-state index contributed by atoms with van der Waals surface area (Å²) >= 11 is 1.54. The van der Waals surface area contributed by atoms with Crippen LogP contribution >= 0.6 is 11.3 Å². The molecule has 4 nitrogen and oxygen atoms in total. The van der Waals surface area contributed by atoms with Crippen LogP contribution in [0.2, 0.25) is 0 Å². The monoisotopic (exact) mass is 345 g/mol. The summed E-state index contributed by atoms with van der Waals surface area (Å²) in [6.07, 6.45) is 0. The van der Waals surface area contributed by atoms with Crippen LogP contribution in [0.25, 0.3) is 0 Å². The standard InChI is InChI=1S/C19H23NO3S/c1-11(2)18(20-19(21)17-9-12(3)13(4)24-17)14-5-6-15-16(10-14)23-8-7-22-15/h5-6,9-11,18H,7-8H2,1-4H3,(H,20,21). The van der Waals surface area contributed by atoms with Gasteiger partial charge in [0.1, 0.15) is 13.2 Å². The zero-order valence-electron chi connectivity index (χ0n) is 14.5. The van der Waals surface area contributed by atoms with Crippen LogP contribution in [0.5, 0.6) is 11.5 Å². The number of hydrogen-bond donors (Lipinski definition) is 1. The molecule has 3 rings (SSSR count). The van der Waals surface area contributed by atoms with E-state index in [2.05, 4.69) is 19.2 Å². The topological polar surface area (TPSA) is 47.6 Å². The molecule has 0 bridgehead atoms. The fourth-order valence-electron chi connectivity index (χ4n) is 2.79. The Hall–Kier alpha value is -2.01. The molecule has 1 atom stereocenters. The second-order valence-electron chi connectivity index (χ2n) is 6.45. The van der Waals surface area contributed by atoms with Gasteiger partial charge in [0.2, 0.25) is 0 Å². The van der Waals surface area contributed by atoms with Crippen molar-refractivity contribution in [3.05, 3.63) is 45.1 Å². The predicted octanol–water partition coefficient (Wildman–Crippen LogP) is 4.26. The van der Waals surface area contributed by atoms with Crippen LogP contribution in [0.4, 0.5) is 0 Å². The van der Waals surface area contributed by atoms with Gasteiger partial charge in [-0.15, -0.1) is 11.3 Å². The molecule has 1 aliphatic rings. The highest BCUT2D eigenvalue weighted by Crippen LogP contribution is 2.34. The Morgan fingerprint density at radius 3 is 2.46 bits per heavy atom. The molecule has 24 heavy (non-hydrogen) atoms. The van der Waals surface area contributed by atoms with Crippen LogP contribution < -0.4 is 14.8 Å². The third-order valence-corrected chi connectivity index (χ3v) is 5.42. The first-order valence-electron chi connectivity index (χ1n) is 8.23. The van der Waals surface area contributed by atoms with E-state index < -0.39 is 0 Å². The number of amides is 1. The molecule has 0 spiro atoms. The van der Waals surface area contributed by atoms with E-state index in [1.807, 2.05) is 38.1 Å². The third-order valence-electron chi connectivity index (χ3n) is 4.27. The first kappa shape index (κ1) is 16.8. The van der Waals surface area contributed by atoms with Gasteiger partial charge in [0.05, 0.1) is 10.9 Å². The molecule has 5 heteroatoms. The van der Waals surface area contributed by atoms with Gasteiger partial charge < -0.3 is 14.8 Å². The smallest absolute Gasteiger partial charge is 0.261 e. The van der Waals surface area contributed by atoms with Crippen molar-refractivity contribution < 1.29 is 14.3 Å². The molecule has 2 aromatic rings. The van der Waals surface area contributed by atoms with Crippen LogP contribution in [0.15, 0.2) is 24.3 Å². The predicted molar refractivity (Wildman–Crippen MR) is 96.3 cm³/mol. The molecule has 0 radical (unpaired) electrons. The van der Waals surface area contributed by atoms with Crippen molar-refractivity contribution in [1.82, 2.24) is 5.32 Å². The highest BCUT2D eigenvalue weighted by atomic mass is 32.1. The fraction of sp³-hybridized carbons (Fsp3) is 0.421. The van der Waals surface area contributed by atoms with Crippen molar-refractivity contribution in [3.8, 4) is 11.5 Å². The molecule has 0 aliphatic carbocycles. The maximum Gasteiger partial charge on any atom is 0.261 e. The number of benzene rings is 1. The van der Waals surface area contributed by atoms with Gasteiger partial charge in [-0.25, -0.2) is 0 Å². The zero-order chi connectivity index (χ0) is 17.3. The van der Waals surface area contributed by atoms with Gasteiger partial charge in [-0.2, -0.15) is 0 Å². The number of hydrogen-bond acceptors (Lipinski definition) is 4. The zero-order valence-corrected chi connectivity index (χ0v) is 15.3. The molecule has 128 valence electrons. The van der Waals surface area contributed by atoms with Crippen LogP contribution in [0.3, 0.4) is 0 Å². The van der Waals surface area contributed by atoms with Gasteiger partial charge in [0, 0.05) is 4.88 Å². The average Bonchev–Trinajstić information content (AvgIpc) is 2.91. The van der Waals surface area contributed by atoms with E-state index in [1.165, 1.54) is 16.2 Å². The highest BCUT2D eigenvalue weighted by Gasteiger charge is 2.22. The van der Waals surface area contributed by atoms with E-state index in [9.17, 15) is 4.79 Å². The van der Waals surface area contributed by atoms with Crippen LogP contribution in [0.1, 0.15) is 45.6 Å². The van der Waals surface area contributed by atoms with Crippen molar-refractivity contribution in [2.45, 2.75) is 33.7 Å². The van der Waals surface area contributed by atoms with Gasteiger partial charge in [-0.05, 0) is 49.1 Å². The number of ether oxygens (including phenoxy) is 2. The number of fused-ring (bicyclic) bond motifs is 1. The van der Waals surface area contributed by atoms with Gasteiger partial charge in [0.15, 0.2) is 11.5 Å². The summed E-state index contributed by atoms with van der Waals surface area (Å²) in [5.41, 5.74) is 2.19. The van der Waals surface area contributed by atoms with Crippen LogP contribution in [-0.2, 0) is 0 Å². The summed E-state index contributed by atoms with van der Waals surface area (Å²) in [5.74, 6) is 1.76. The average molecular weight is 345 g/mol. The summed E-state index contributed by atoms with van der Waals surface area (Å²) in [4.78, 5) is 14.6. The Labute approximate surface area is 146 Å². The molecule has 2 heterocycles. The van der Waals surface area contributed by atoms with Gasteiger partial charge >= 0.3 is 0 Å². The van der Waals surface area contributed by atoms with Crippen LogP contribution in [0, 0.1) is 19.8 Å². The van der Waals surface area contributed by atoms with E-state index >= 15 is 0 Å². The van der Waals surface area contributed by atoms with Crippen molar-refractivity contribution in [3.63, 3.8) is 0 Å². The minimum Gasteiger partial charge on any atom is -0.486 e. The summed E-state index contributed by atoms with van der Waals surface area (Å²) in [6, 6.07) is 7.78. The third kappa shape index (κ3) is 3.41. The Bertz CT molecular complexity index is 732. The Balaban J connectivity index is 1.83. The molecular weight excluding hydrogens is 322 g/mol. The summed E-state index contributed by atoms with van der Waals surface area (Å²) in [5, 5.41) is 3.17. The summed E-state index contributed by atoms with van der Waals surface area (Å²) < 4.78 is 11.2. The molecule has 1 aromatic carbocycles. The van der Waals surface area contributed by atoms with E-state index in [1.54, 1.807) is 0 Å². The number of carbonyl (C=O) groups excluding carboxylic acids is 1. The molecular formula is C19H23NO3S. The molecule has 1 unspecified atom stereocenters. The van der Waals surface area contributed by atoms with Crippen molar-refractivity contribution >= 4 is 17.2 Å². The lowest BCUT2D eigenvalue weighted by molar-refractivity contribution is 0.0929. The maximum absolute atomic E-state index is 12.6. The molecule has 0 saturated carbocycles. The normalized spacial score (nSPS) is 14.5. The Kier molecular flexibility index (Phi) is 4.81. The molecule has 1 aliphatic heterocycles. The summed E-state index contributed by atoms with van der Waals surface area (Å²) in [7, 11) is 0. The van der Waals surface area contributed by atoms with E-state index in [0.717, 1.165) is 27.5 Å². The summed E-state index contributed by atoms with van der Waals surface area (Å²) in [6.45, 7) is 9.41. The Morgan fingerprint density at radius 1 is 1.12 bits per heavy atom. The molecule has 1 aromatic heterocycles. The number of nitrogens with one attached hydrogen (secondary N) is 1. The van der Waals surface area contributed by atoms with E-state index in [0.29, 0.717) is 13.2 Å². The quantitative estimate of drug-likeness (QED) is 0.900. The first-order chi connectivity index (χ1) is 11.5. The minimum atomic E-state index is -0.0731. The molecule has 0 saturated heterocycles. The lowest BCUT2D eigenvalue weighted by Gasteiger charge is -2.25. The van der Waals surface area contributed by atoms with Crippen molar-refractivity contribution in [1.29, 1.82) is 0 Å². The largest absolute Gasteiger partial charge is 0.486 e. The van der Waals surface area contributed by atoms with E-state index in [-0.39, 0.29) is 17.9 Å².